The second kappa shape index (κ2) is 5.70. The molecule has 0 fully saturated rings. The zero-order valence-corrected chi connectivity index (χ0v) is 11.1. The Bertz CT molecular complexity index is 544. The minimum absolute atomic E-state index is 0.401. The van der Waals surface area contributed by atoms with E-state index in [1.54, 1.807) is 11.8 Å². The van der Waals surface area contributed by atoms with Crippen molar-refractivity contribution in [2.24, 2.45) is 5.84 Å². The molecule has 0 bridgehead atoms. The molecule has 0 aliphatic carbocycles. The fraction of sp³-hybridized carbons (Fsp3) is 0.167. The van der Waals surface area contributed by atoms with E-state index in [9.17, 15) is 0 Å². The van der Waals surface area contributed by atoms with Gasteiger partial charge >= 0.3 is 0 Å². The van der Waals surface area contributed by atoms with Crippen molar-refractivity contribution in [3.63, 3.8) is 0 Å². The average Bonchev–Trinajstić information content (AvgIpc) is 2.38. The van der Waals surface area contributed by atoms with Gasteiger partial charge in [-0.3, -0.25) is 5.43 Å². The van der Waals surface area contributed by atoms with Gasteiger partial charge in [0.1, 0.15) is 5.82 Å². The van der Waals surface area contributed by atoms with E-state index in [2.05, 4.69) is 32.8 Å². The fourth-order valence-electron chi connectivity index (χ4n) is 1.55. The molecule has 6 heteroatoms. The predicted octanol–water partition coefficient (Wildman–Crippen LogP) is 2.54. The molecule has 0 aliphatic rings. The van der Waals surface area contributed by atoms with E-state index >= 15 is 0 Å². The maximum atomic E-state index is 5.32. The molecule has 0 spiro atoms. The van der Waals surface area contributed by atoms with Crippen molar-refractivity contribution in [2.45, 2.75) is 11.8 Å². The minimum Gasteiger partial charge on any atom is -0.340 e. The van der Waals surface area contributed by atoms with E-state index < -0.39 is 0 Å². The van der Waals surface area contributed by atoms with Crippen molar-refractivity contribution < 1.29 is 0 Å². The van der Waals surface area contributed by atoms with Crippen LogP contribution < -0.4 is 16.6 Å². The molecule has 0 atom stereocenters. The van der Waals surface area contributed by atoms with Gasteiger partial charge in [-0.1, -0.05) is 6.07 Å². The van der Waals surface area contributed by atoms with E-state index in [-0.39, 0.29) is 0 Å². The third-order valence-electron chi connectivity index (χ3n) is 2.33. The van der Waals surface area contributed by atoms with E-state index in [1.807, 2.05) is 31.4 Å². The third kappa shape index (κ3) is 3.12. The number of hydrogen-bond donors (Lipinski definition) is 3. The van der Waals surface area contributed by atoms with Crippen molar-refractivity contribution in [1.82, 2.24) is 9.97 Å². The van der Waals surface area contributed by atoms with Crippen LogP contribution in [-0.4, -0.2) is 16.2 Å². The van der Waals surface area contributed by atoms with Gasteiger partial charge in [0, 0.05) is 22.3 Å². The topological polar surface area (TPSA) is 75.9 Å². The first kappa shape index (κ1) is 12.7. The van der Waals surface area contributed by atoms with Gasteiger partial charge in [0.25, 0.3) is 0 Å². The highest BCUT2D eigenvalue weighted by molar-refractivity contribution is 7.98. The minimum atomic E-state index is 0.401. The van der Waals surface area contributed by atoms with Gasteiger partial charge in [0.15, 0.2) is 0 Å². The van der Waals surface area contributed by atoms with Crippen LogP contribution in [0.3, 0.4) is 0 Å². The van der Waals surface area contributed by atoms with Crippen LogP contribution in [0.25, 0.3) is 0 Å². The molecule has 18 heavy (non-hydrogen) atoms. The standard InChI is InChI=1S/C12H15N5S/c1-8-6-11(16-12(14-8)17-13)15-9-4-3-5-10(7-9)18-2/h3-7H,13H2,1-2H3,(H2,14,15,16,17). The number of nitrogens with two attached hydrogens (primary N) is 1. The molecule has 1 aromatic heterocycles. The van der Waals surface area contributed by atoms with Crippen molar-refractivity contribution >= 4 is 29.2 Å². The van der Waals surface area contributed by atoms with Crippen LogP contribution in [0, 0.1) is 6.92 Å². The number of nitrogens with one attached hydrogen (secondary N) is 2. The quantitative estimate of drug-likeness (QED) is 0.446. The second-order valence-electron chi connectivity index (χ2n) is 3.72. The van der Waals surface area contributed by atoms with Gasteiger partial charge in [0.05, 0.1) is 0 Å². The van der Waals surface area contributed by atoms with Gasteiger partial charge in [-0.15, -0.1) is 11.8 Å². The lowest BCUT2D eigenvalue weighted by Gasteiger charge is -2.08. The second-order valence-corrected chi connectivity index (χ2v) is 4.60. The van der Waals surface area contributed by atoms with Crippen molar-refractivity contribution in [3.8, 4) is 0 Å². The summed E-state index contributed by atoms with van der Waals surface area (Å²) in [5.74, 6) is 6.44. The number of aromatic nitrogens is 2. The fourth-order valence-corrected chi connectivity index (χ4v) is 2.01. The molecule has 0 saturated heterocycles. The zero-order chi connectivity index (χ0) is 13.0. The van der Waals surface area contributed by atoms with E-state index in [0.29, 0.717) is 11.8 Å². The number of thioether (sulfide) groups is 1. The van der Waals surface area contributed by atoms with Crippen molar-refractivity contribution in [3.05, 3.63) is 36.0 Å². The van der Waals surface area contributed by atoms with Crippen LogP contribution in [-0.2, 0) is 0 Å². The third-order valence-corrected chi connectivity index (χ3v) is 3.05. The number of hydrogen-bond acceptors (Lipinski definition) is 6. The number of nitrogens with zero attached hydrogens (tertiary/aromatic N) is 2. The SMILES string of the molecule is CSc1cccc(Nc2cc(C)nc(NN)n2)c1. The normalized spacial score (nSPS) is 10.2. The number of aryl methyl sites for hydroxylation is 1. The van der Waals surface area contributed by atoms with Crippen molar-refractivity contribution in [2.75, 3.05) is 17.0 Å². The molecule has 1 aromatic carbocycles. The van der Waals surface area contributed by atoms with E-state index in [4.69, 9.17) is 5.84 Å². The molecule has 2 aromatic rings. The Hall–Kier alpha value is -1.79. The monoisotopic (exact) mass is 261 g/mol. The van der Waals surface area contributed by atoms with Crippen LogP contribution >= 0.6 is 11.8 Å². The number of rotatable bonds is 4. The molecule has 94 valence electrons. The largest absolute Gasteiger partial charge is 0.340 e. The highest BCUT2D eigenvalue weighted by Crippen LogP contribution is 2.22. The van der Waals surface area contributed by atoms with Gasteiger partial charge in [-0.2, -0.15) is 4.98 Å². The zero-order valence-electron chi connectivity index (χ0n) is 10.3. The number of nitrogen functional groups attached to an aromatic ring is 1. The smallest absolute Gasteiger partial charge is 0.239 e. The molecule has 2 rings (SSSR count). The summed E-state index contributed by atoms with van der Waals surface area (Å²) in [6.45, 7) is 1.89. The summed E-state index contributed by atoms with van der Waals surface area (Å²) in [7, 11) is 0. The van der Waals surface area contributed by atoms with E-state index in [0.717, 1.165) is 11.4 Å². The molecule has 1 heterocycles. The first-order valence-electron chi connectivity index (χ1n) is 5.44. The summed E-state index contributed by atoms with van der Waals surface area (Å²) >= 11 is 1.70. The van der Waals surface area contributed by atoms with Gasteiger partial charge < -0.3 is 5.32 Å². The highest BCUT2D eigenvalue weighted by atomic mass is 32.2. The van der Waals surface area contributed by atoms with Crippen LogP contribution in [0.2, 0.25) is 0 Å². The Morgan fingerprint density at radius 1 is 1.22 bits per heavy atom. The molecular weight excluding hydrogens is 246 g/mol. The highest BCUT2D eigenvalue weighted by Gasteiger charge is 2.02. The molecule has 0 aliphatic heterocycles. The molecular formula is C12H15N5S. The van der Waals surface area contributed by atoms with Crippen molar-refractivity contribution in [1.29, 1.82) is 0 Å². The first-order valence-corrected chi connectivity index (χ1v) is 6.67. The molecule has 0 amide bonds. The van der Waals surface area contributed by atoms with Gasteiger partial charge in [0.2, 0.25) is 5.95 Å². The molecule has 0 saturated carbocycles. The number of benzene rings is 1. The van der Waals surface area contributed by atoms with Gasteiger partial charge in [-0.25, -0.2) is 10.8 Å². The summed E-state index contributed by atoms with van der Waals surface area (Å²) in [5.41, 5.74) is 4.29. The Morgan fingerprint density at radius 3 is 2.78 bits per heavy atom. The lowest BCUT2D eigenvalue weighted by atomic mass is 10.3. The first-order chi connectivity index (χ1) is 8.71. The maximum Gasteiger partial charge on any atom is 0.239 e. The lowest BCUT2D eigenvalue weighted by Crippen LogP contribution is -2.11. The summed E-state index contributed by atoms with van der Waals surface area (Å²) in [6, 6.07) is 10.00. The van der Waals surface area contributed by atoms with Crippen LogP contribution in [0.15, 0.2) is 35.2 Å². The maximum absolute atomic E-state index is 5.32. The summed E-state index contributed by atoms with van der Waals surface area (Å²) in [6.07, 6.45) is 2.05. The van der Waals surface area contributed by atoms with Crippen LogP contribution in [0.1, 0.15) is 5.69 Å². The van der Waals surface area contributed by atoms with Crippen LogP contribution in [0.5, 0.6) is 0 Å². The molecule has 0 unspecified atom stereocenters. The molecule has 0 radical (unpaired) electrons. The lowest BCUT2D eigenvalue weighted by molar-refractivity contribution is 1.07. The number of hydrazine groups is 1. The molecule has 5 nitrogen and oxygen atoms in total. The Balaban J connectivity index is 2.24. The Morgan fingerprint density at radius 2 is 2.06 bits per heavy atom. The molecule has 4 N–H and O–H groups in total. The summed E-state index contributed by atoms with van der Waals surface area (Å²) < 4.78 is 0. The number of anilines is 3. The summed E-state index contributed by atoms with van der Waals surface area (Å²) in [4.78, 5) is 9.57. The van der Waals surface area contributed by atoms with E-state index in [1.165, 1.54) is 4.90 Å². The summed E-state index contributed by atoms with van der Waals surface area (Å²) in [5, 5.41) is 3.23. The Labute approximate surface area is 110 Å². The predicted molar refractivity (Wildman–Crippen MR) is 76.1 cm³/mol. The average molecular weight is 261 g/mol. The van der Waals surface area contributed by atoms with Gasteiger partial charge in [-0.05, 0) is 31.4 Å². The van der Waals surface area contributed by atoms with Crippen LogP contribution in [0.4, 0.5) is 17.5 Å². The Kier molecular flexibility index (Phi) is 4.01.